The summed E-state index contributed by atoms with van der Waals surface area (Å²) in [6, 6.07) is 3.14. The van der Waals surface area contributed by atoms with E-state index in [-0.39, 0.29) is 18.0 Å². The standard InChI is InChI=1S/C17H24N4O2/c1-12(13-5-2-6-13)19-17(23)20-15-8-4-10-21(16(15)22)14-7-3-9-18-11-14/h3,7,9,11-13,15H,2,4-6,8,10H2,1H3,(H2,19,20,23). The van der Waals surface area contributed by atoms with Gasteiger partial charge in [0.05, 0.1) is 11.9 Å². The molecule has 1 aliphatic heterocycles. The summed E-state index contributed by atoms with van der Waals surface area (Å²) in [4.78, 5) is 30.5. The molecule has 1 saturated carbocycles. The highest BCUT2D eigenvalue weighted by Gasteiger charge is 2.32. The van der Waals surface area contributed by atoms with E-state index in [1.165, 1.54) is 19.3 Å². The van der Waals surface area contributed by atoms with Gasteiger partial charge in [0.15, 0.2) is 0 Å². The molecule has 3 amide bonds. The number of carbonyl (C=O) groups excluding carboxylic acids is 2. The fourth-order valence-electron chi connectivity index (χ4n) is 3.24. The summed E-state index contributed by atoms with van der Waals surface area (Å²) < 4.78 is 0. The number of hydrogen-bond donors (Lipinski definition) is 2. The summed E-state index contributed by atoms with van der Waals surface area (Å²) in [5.74, 6) is 0.519. The molecule has 2 unspecified atom stereocenters. The first-order valence-corrected chi connectivity index (χ1v) is 8.43. The monoisotopic (exact) mass is 316 g/mol. The minimum absolute atomic E-state index is 0.0595. The van der Waals surface area contributed by atoms with Crippen molar-refractivity contribution in [1.29, 1.82) is 0 Å². The molecule has 0 aromatic carbocycles. The predicted octanol–water partition coefficient (Wildman–Crippen LogP) is 2.06. The third-order valence-electron chi connectivity index (χ3n) is 4.92. The summed E-state index contributed by atoms with van der Waals surface area (Å²) in [5, 5.41) is 5.81. The van der Waals surface area contributed by atoms with Gasteiger partial charge in [-0.15, -0.1) is 0 Å². The molecule has 1 aromatic heterocycles. The van der Waals surface area contributed by atoms with Crippen molar-refractivity contribution in [3.05, 3.63) is 24.5 Å². The average molecular weight is 316 g/mol. The van der Waals surface area contributed by atoms with Crippen molar-refractivity contribution < 1.29 is 9.59 Å². The third-order valence-corrected chi connectivity index (χ3v) is 4.92. The van der Waals surface area contributed by atoms with E-state index in [0.29, 0.717) is 18.9 Å². The average Bonchev–Trinajstić information content (AvgIpc) is 2.48. The van der Waals surface area contributed by atoms with E-state index < -0.39 is 6.04 Å². The molecule has 23 heavy (non-hydrogen) atoms. The second kappa shape index (κ2) is 6.98. The molecule has 0 radical (unpaired) electrons. The second-order valence-corrected chi connectivity index (χ2v) is 6.49. The van der Waals surface area contributed by atoms with E-state index in [2.05, 4.69) is 15.6 Å². The summed E-state index contributed by atoms with van der Waals surface area (Å²) >= 11 is 0. The number of pyridine rings is 1. The van der Waals surface area contributed by atoms with E-state index in [0.717, 1.165) is 12.1 Å². The van der Waals surface area contributed by atoms with Crippen molar-refractivity contribution >= 4 is 17.6 Å². The number of aromatic nitrogens is 1. The molecular weight excluding hydrogens is 292 g/mol. The van der Waals surface area contributed by atoms with Gasteiger partial charge in [-0.2, -0.15) is 0 Å². The van der Waals surface area contributed by atoms with Crippen LogP contribution in [0.4, 0.5) is 10.5 Å². The van der Waals surface area contributed by atoms with Gasteiger partial charge in [-0.25, -0.2) is 4.79 Å². The molecule has 1 aromatic rings. The fourth-order valence-corrected chi connectivity index (χ4v) is 3.24. The van der Waals surface area contributed by atoms with Gasteiger partial charge in [-0.1, -0.05) is 6.42 Å². The zero-order valence-electron chi connectivity index (χ0n) is 13.5. The molecule has 2 N–H and O–H groups in total. The maximum Gasteiger partial charge on any atom is 0.315 e. The zero-order chi connectivity index (χ0) is 16.2. The lowest BCUT2D eigenvalue weighted by molar-refractivity contribution is -0.121. The number of anilines is 1. The van der Waals surface area contributed by atoms with Crippen LogP contribution in [-0.4, -0.2) is 35.6 Å². The smallest absolute Gasteiger partial charge is 0.315 e. The number of urea groups is 1. The molecule has 0 spiro atoms. The first kappa shape index (κ1) is 15.8. The maximum absolute atomic E-state index is 12.6. The van der Waals surface area contributed by atoms with Crippen molar-refractivity contribution in [2.75, 3.05) is 11.4 Å². The van der Waals surface area contributed by atoms with E-state index in [1.807, 2.05) is 19.1 Å². The van der Waals surface area contributed by atoms with E-state index in [1.54, 1.807) is 17.3 Å². The molecule has 1 aliphatic carbocycles. The molecule has 0 bridgehead atoms. The van der Waals surface area contributed by atoms with Crippen LogP contribution in [-0.2, 0) is 4.79 Å². The van der Waals surface area contributed by atoms with Crippen LogP contribution in [0.1, 0.15) is 39.0 Å². The predicted molar refractivity (Wildman–Crippen MR) is 88.1 cm³/mol. The Kier molecular flexibility index (Phi) is 4.79. The molecule has 2 aliphatic rings. The van der Waals surface area contributed by atoms with Gasteiger partial charge in [0, 0.05) is 18.8 Å². The zero-order valence-corrected chi connectivity index (χ0v) is 13.5. The minimum atomic E-state index is -0.461. The quantitative estimate of drug-likeness (QED) is 0.893. The van der Waals surface area contributed by atoms with Crippen LogP contribution in [0.15, 0.2) is 24.5 Å². The van der Waals surface area contributed by atoms with Crippen molar-refractivity contribution in [3.63, 3.8) is 0 Å². The van der Waals surface area contributed by atoms with Gasteiger partial charge in [0.25, 0.3) is 0 Å². The van der Waals surface area contributed by atoms with Crippen molar-refractivity contribution in [2.24, 2.45) is 5.92 Å². The third kappa shape index (κ3) is 3.63. The molecule has 1 saturated heterocycles. The van der Waals surface area contributed by atoms with Crippen LogP contribution < -0.4 is 15.5 Å². The Bertz CT molecular complexity index is 559. The highest BCUT2D eigenvalue weighted by molar-refractivity contribution is 5.99. The number of rotatable bonds is 4. The Balaban J connectivity index is 1.56. The number of hydrogen-bond acceptors (Lipinski definition) is 3. The lowest BCUT2D eigenvalue weighted by Crippen LogP contribution is -2.56. The Morgan fingerprint density at radius 1 is 1.35 bits per heavy atom. The fraction of sp³-hybridized carbons (Fsp3) is 0.588. The Morgan fingerprint density at radius 2 is 2.17 bits per heavy atom. The van der Waals surface area contributed by atoms with Gasteiger partial charge in [0.2, 0.25) is 5.91 Å². The molecular formula is C17H24N4O2. The Labute approximate surface area is 136 Å². The van der Waals surface area contributed by atoms with Crippen LogP contribution in [0, 0.1) is 5.92 Å². The van der Waals surface area contributed by atoms with Crippen molar-refractivity contribution in [3.8, 4) is 0 Å². The lowest BCUT2D eigenvalue weighted by Gasteiger charge is -2.34. The normalized spacial score (nSPS) is 23.1. The Morgan fingerprint density at radius 3 is 2.83 bits per heavy atom. The lowest BCUT2D eigenvalue weighted by atomic mass is 9.80. The number of carbonyl (C=O) groups is 2. The Hall–Kier alpha value is -2.11. The van der Waals surface area contributed by atoms with E-state index in [9.17, 15) is 9.59 Å². The maximum atomic E-state index is 12.6. The molecule has 124 valence electrons. The van der Waals surface area contributed by atoms with Crippen LogP contribution in [0.25, 0.3) is 0 Å². The molecule has 2 atom stereocenters. The summed E-state index contributed by atoms with van der Waals surface area (Å²) in [7, 11) is 0. The first-order chi connectivity index (χ1) is 11.1. The molecule has 3 rings (SSSR count). The summed E-state index contributed by atoms with van der Waals surface area (Å²) in [6.07, 6.45) is 8.52. The topological polar surface area (TPSA) is 74.3 Å². The number of amides is 3. The number of piperidine rings is 1. The first-order valence-electron chi connectivity index (χ1n) is 8.43. The second-order valence-electron chi connectivity index (χ2n) is 6.49. The summed E-state index contributed by atoms with van der Waals surface area (Å²) in [6.45, 7) is 2.71. The molecule has 2 fully saturated rings. The SMILES string of the molecule is CC(NC(=O)NC1CCCN(c2cccnc2)C1=O)C1CCC1. The number of nitrogens with one attached hydrogen (secondary N) is 2. The van der Waals surface area contributed by atoms with Crippen molar-refractivity contribution in [1.82, 2.24) is 15.6 Å². The van der Waals surface area contributed by atoms with Gasteiger partial charge in [0.1, 0.15) is 6.04 Å². The highest BCUT2D eigenvalue weighted by atomic mass is 16.2. The highest BCUT2D eigenvalue weighted by Crippen LogP contribution is 2.29. The molecule has 6 heteroatoms. The van der Waals surface area contributed by atoms with Gasteiger partial charge in [-0.3, -0.25) is 9.78 Å². The van der Waals surface area contributed by atoms with Gasteiger partial charge < -0.3 is 15.5 Å². The molecule has 2 heterocycles. The van der Waals surface area contributed by atoms with Gasteiger partial charge >= 0.3 is 6.03 Å². The summed E-state index contributed by atoms with van der Waals surface area (Å²) in [5.41, 5.74) is 0.784. The van der Waals surface area contributed by atoms with Crippen LogP contribution in [0.5, 0.6) is 0 Å². The van der Waals surface area contributed by atoms with Crippen molar-refractivity contribution in [2.45, 2.75) is 51.1 Å². The van der Waals surface area contributed by atoms with E-state index >= 15 is 0 Å². The van der Waals surface area contributed by atoms with Crippen LogP contribution >= 0.6 is 0 Å². The van der Waals surface area contributed by atoms with E-state index in [4.69, 9.17) is 0 Å². The minimum Gasteiger partial charge on any atom is -0.335 e. The largest absolute Gasteiger partial charge is 0.335 e. The van der Waals surface area contributed by atoms with Crippen LogP contribution in [0.2, 0.25) is 0 Å². The number of nitrogens with zero attached hydrogens (tertiary/aromatic N) is 2. The van der Waals surface area contributed by atoms with Crippen LogP contribution in [0.3, 0.4) is 0 Å². The molecule has 6 nitrogen and oxygen atoms in total. The van der Waals surface area contributed by atoms with Gasteiger partial charge in [-0.05, 0) is 50.7 Å².